The van der Waals surface area contributed by atoms with E-state index in [-0.39, 0.29) is 31.2 Å². The van der Waals surface area contributed by atoms with Gasteiger partial charge in [0.25, 0.3) is 0 Å². The van der Waals surface area contributed by atoms with Crippen LogP contribution in [0.25, 0.3) is 0 Å². The number of benzene rings is 1. The molecule has 0 spiro atoms. The fraction of sp³-hybridized carbons (Fsp3) is 0.361. The maximum atomic E-state index is 13.1. The van der Waals surface area contributed by atoms with Crippen LogP contribution >= 0.6 is 0 Å². The Morgan fingerprint density at radius 2 is 0.852 bits per heavy atom. The average molecular weight is 760 g/mol. The number of carbonyl (C=O) groups is 7. The lowest BCUT2D eigenvalue weighted by molar-refractivity contribution is -0.159. The molecule has 0 aliphatic rings. The largest absolute Gasteiger partial charge is 0.462 e. The second-order valence-electron chi connectivity index (χ2n) is 11.3. The molecule has 0 aliphatic heterocycles. The number of amides is 2. The summed E-state index contributed by atoms with van der Waals surface area (Å²) >= 11 is 0. The molecule has 0 aromatic heterocycles. The summed E-state index contributed by atoms with van der Waals surface area (Å²) in [4.78, 5) is 85.3. The normalized spacial score (nSPS) is 10.6. The highest BCUT2D eigenvalue weighted by Crippen LogP contribution is 2.30. The first-order valence-corrected chi connectivity index (χ1v) is 15.8. The van der Waals surface area contributed by atoms with Crippen LogP contribution in [0.2, 0.25) is 0 Å². The van der Waals surface area contributed by atoms with Gasteiger partial charge >= 0.3 is 42.0 Å². The lowest BCUT2D eigenvalue weighted by atomic mass is 9.92. The van der Waals surface area contributed by atoms with Crippen LogP contribution in [0.1, 0.15) is 5.56 Å². The number of methoxy groups -OCH3 is 1. The minimum absolute atomic E-state index is 0.136. The highest BCUT2D eigenvalue weighted by atomic mass is 16.6. The number of nitrogens with one attached hydrogen (secondary N) is 3. The first-order chi connectivity index (χ1) is 25.6. The third kappa shape index (κ3) is 15.9. The molecule has 1 rings (SSSR count). The molecule has 0 radical (unpaired) electrons. The molecule has 54 heavy (non-hydrogen) atoms. The number of hydrogen-bond acceptors (Lipinski definition) is 16. The van der Waals surface area contributed by atoms with Crippen molar-refractivity contribution in [2.24, 2.45) is 10.8 Å². The molecule has 1 aromatic rings. The number of ether oxygens (including phenoxy) is 8. The maximum Gasteiger partial charge on any atom is 0.411 e. The van der Waals surface area contributed by atoms with Crippen LogP contribution in [-0.2, 0) is 61.9 Å². The Morgan fingerprint density at radius 1 is 0.537 bits per heavy atom. The molecule has 0 aliphatic carbocycles. The smallest absolute Gasteiger partial charge is 0.411 e. The Balaban J connectivity index is 3.27. The van der Waals surface area contributed by atoms with E-state index in [1.165, 1.54) is 19.2 Å². The monoisotopic (exact) mass is 759 g/mol. The van der Waals surface area contributed by atoms with Crippen LogP contribution in [0.4, 0.5) is 26.7 Å². The van der Waals surface area contributed by atoms with Crippen molar-refractivity contribution in [3.05, 3.63) is 81.0 Å². The molecule has 0 bridgehead atoms. The summed E-state index contributed by atoms with van der Waals surface area (Å²) in [7, 11) is 2.94. The van der Waals surface area contributed by atoms with E-state index >= 15 is 0 Å². The van der Waals surface area contributed by atoms with E-state index in [0.717, 1.165) is 30.4 Å². The molecule has 0 fully saturated rings. The Morgan fingerprint density at radius 3 is 1.19 bits per heavy atom. The molecular weight excluding hydrogens is 714 g/mol. The molecule has 3 N–H and O–H groups in total. The summed E-state index contributed by atoms with van der Waals surface area (Å²) in [5.74, 6) is -4.13. The van der Waals surface area contributed by atoms with E-state index in [4.69, 9.17) is 37.9 Å². The molecule has 2 amide bonds. The third-order valence-electron chi connectivity index (χ3n) is 7.07. The van der Waals surface area contributed by atoms with Crippen LogP contribution in [0.15, 0.2) is 75.4 Å². The lowest BCUT2D eigenvalue weighted by Gasteiger charge is -2.31. The summed E-state index contributed by atoms with van der Waals surface area (Å²) in [6.45, 7) is 14.7. The van der Waals surface area contributed by atoms with E-state index < -0.39 is 85.9 Å². The second kappa shape index (κ2) is 23.2. The van der Waals surface area contributed by atoms with Gasteiger partial charge in [0.15, 0.2) is 0 Å². The standard InChI is InChI=1S/C36H45N3O15/c1-9-28(40)48-17-35(16-47-8,18-49-29(41)10-2)22-53-33(45)38-25-14-26(37-7)24(6)27(15-25)39-34(46)54-23-36(19-50-30(42)11-3,20-51-31(43)12-4)21-52-32(44)13-5/h9-15,37H,1-5,16-23H2,6-8H3,(H,38,45)(H,39,46). The second-order valence-corrected chi connectivity index (χ2v) is 11.3. The highest BCUT2D eigenvalue weighted by molar-refractivity contribution is 5.92. The van der Waals surface area contributed by atoms with Gasteiger partial charge in [0.05, 0.1) is 17.7 Å². The Labute approximate surface area is 312 Å². The fourth-order valence-electron chi connectivity index (χ4n) is 4.14. The van der Waals surface area contributed by atoms with E-state index in [1.54, 1.807) is 14.0 Å². The van der Waals surface area contributed by atoms with Crippen LogP contribution in [0.5, 0.6) is 0 Å². The van der Waals surface area contributed by atoms with E-state index in [0.29, 0.717) is 11.3 Å². The SMILES string of the molecule is C=CC(=O)OCC(COC)(COC(=O)C=C)COC(=O)Nc1cc(NC)c(C)c(NC(=O)OCC(COC(=O)C=C)(COC(=O)C=C)COC(=O)C=C)c1. The van der Waals surface area contributed by atoms with Crippen LogP contribution in [0, 0.1) is 17.8 Å². The van der Waals surface area contributed by atoms with Gasteiger partial charge in [-0.25, -0.2) is 33.6 Å². The van der Waals surface area contributed by atoms with Crippen molar-refractivity contribution in [2.75, 3.05) is 83.0 Å². The molecule has 0 atom stereocenters. The minimum Gasteiger partial charge on any atom is -0.462 e. The zero-order chi connectivity index (χ0) is 40.7. The number of rotatable bonds is 24. The maximum absolute atomic E-state index is 13.1. The summed E-state index contributed by atoms with van der Waals surface area (Å²) in [5.41, 5.74) is -1.65. The highest BCUT2D eigenvalue weighted by Gasteiger charge is 2.38. The molecular formula is C36H45N3O15. The Bertz CT molecular complexity index is 1500. The summed E-state index contributed by atoms with van der Waals surface area (Å²) < 4.78 is 41.8. The van der Waals surface area contributed by atoms with Gasteiger partial charge in [-0.05, 0) is 24.6 Å². The van der Waals surface area contributed by atoms with Gasteiger partial charge in [0.1, 0.15) is 51.7 Å². The average Bonchev–Trinajstić information content (AvgIpc) is 3.17. The number of esters is 5. The first-order valence-electron chi connectivity index (χ1n) is 15.8. The summed E-state index contributed by atoms with van der Waals surface area (Å²) in [6, 6.07) is 2.92. The lowest BCUT2D eigenvalue weighted by Crippen LogP contribution is -2.44. The molecule has 0 heterocycles. The third-order valence-corrected chi connectivity index (χ3v) is 7.07. The molecule has 0 unspecified atom stereocenters. The van der Waals surface area contributed by atoms with Crippen molar-refractivity contribution in [1.82, 2.24) is 0 Å². The van der Waals surface area contributed by atoms with Gasteiger partial charge in [-0.3, -0.25) is 10.6 Å². The van der Waals surface area contributed by atoms with Gasteiger partial charge in [-0.1, -0.05) is 32.9 Å². The van der Waals surface area contributed by atoms with Crippen molar-refractivity contribution in [3.63, 3.8) is 0 Å². The molecule has 294 valence electrons. The van der Waals surface area contributed by atoms with Crippen molar-refractivity contribution in [2.45, 2.75) is 6.92 Å². The predicted octanol–water partition coefficient (Wildman–Crippen LogP) is 3.40. The molecule has 0 saturated carbocycles. The van der Waals surface area contributed by atoms with Gasteiger partial charge in [0.2, 0.25) is 0 Å². The number of anilines is 3. The van der Waals surface area contributed by atoms with Gasteiger partial charge < -0.3 is 43.2 Å². The van der Waals surface area contributed by atoms with E-state index in [9.17, 15) is 33.6 Å². The van der Waals surface area contributed by atoms with Crippen molar-refractivity contribution < 1.29 is 71.5 Å². The van der Waals surface area contributed by atoms with Gasteiger partial charge in [-0.15, -0.1) is 0 Å². The van der Waals surface area contributed by atoms with Crippen molar-refractivity contribution in [3.8, 4) is 0 Å². The summed E-state index contributed by atoms with van der Waals surface area (Å²) in [5, 5.41) is 8.00. The van der Waals surface area contributed by atoms with Crippen molar-refractivity contribution >= 4 is 59.1 Å². The number of hydrogen-bond donors (Lipinski definition) is 3. The fourth-order valence-corrected chi connectivity index (χ4v) is 4.14. The predicted molar refractivity (Wildman–Crippen MR) is 193 cm³/mol. The van der Waals surface area contributed by atoms with Gasteiger partial charge in [-0.2, -0.15) is 0 Å². The molecule has 1 aromatic carbocycles. The quantitative estimate of drug-likeness (QED) is 0.0779. The summed E-state index contributed by atoms with van der Waals surface area (Å²) in [6.07, 6.45) is 2.46. The minimum atomic E-state index is -1.59. The Hall–Kier alpha value is -6.43. The molecule has 18 nitrogen and oxygen atoms in total. The topological polar surface area (TPSA) is 229 Å². The van der Waals surface area contributed by atoms with E-state index in [1.807, 2.05) is 0 Å². The first kappa shape index (κ1) is 45.6. The number of carbonyl (C=O) groups excluding carboxylic acids is 7. The zero-order valence-corrected chi connectivity index (χ0v) is 30.4. The van der Waals surface area contributed by atoms with Crippen molar-refractivity contribution in [1.29, 1.82) is 0 Å². The van der Waals surface area contributed by atoms with Gasteiger partial charge in [0, 0.05) is 55.9 Å². The van der Waals surface area contributed by atoms with Crippen LogP contribution in [-0.4, -0.2) is 109 Å². The molecule has 18 heteroatoms. The van der Waals surface area contributed by atoms with Crippen LogP contribution < -0.4 is 16.0 Å². The Kier molecular flexibility index (Phi) is 19.6. The van der Waals surface area contributed by atoms with Crippen LogP contribution in [0.3, 0.4) is 0 Å². The molecule has 0 saturated heterocycles. The van der Waals surface area contributed by atoms with E-state index in [2.05, 4.69) is 48.8 Å². The zero-order valence-electron chi connectivity index (χ0n) is 30.4.